The van der Waals surface area contributed by atoms with Gasteiger partial charge in [-0.05, 0) is 50.2 Å². The van der Waals surface area contributed by atoms with E-state index < -0.39 is 6.04 Å². The zero-order valence-corrected chi connectivity index (χ0v) is 14.4. The predicted octanol–water partition coefficient (Wildman–Crippen LogP) is 2.52. The zero-order valence-electron chi connectivity index (χ0n) is 14.4. The van der Waals surface area contributed by atoms with Gasteiger partial charge in [-0.2, -0.15) is 0 Å². The lowest BCUT2D eigenvalue weighted by molar-refractivity contribution is -0.146. The number of hydrogen-bond acceptors (Lipinski definition) is 3. The highest BCUT2D eigenvalue weighted by Crippen LogP contribution is 2.49. The van der Waals surface area contributed by atoms with Gasteiger partial charge in [-0.25, -0.2) is 0 Å². The number of anilines is 1. The highest BCUT2D eigenvalue weighted by atomic mass is 16.2. The molecule has 1 N–H and O–H groups in total. The van der Waals surface area contributed by atoms with Crippen LogP contribution >= 0.6 is 0 Å². The van der Waals surface area contributed by atoms with Crippen LogP contribution in [0.15, 0.2) is 36.4 Å². The summed E-state index contributed by atoms with van der Waals surface area (Å²) in [4.78, 5) is 39.7. The number of aryl methyl sites for hydroxylation is 1. The molecule has 25 heavy (non-hydrogen) atoms. The SMILES string of the molecule is Cc1ccccc1NC(=O)[C@H](C)N1C(=O)[C@@H]2[C@@H](C1=O)[C@H]1C=C[C@H]2CC1. The van der Waals surface area contributed by atoms with Crippen LogP contribution in [0.5, 0.6) is 0 Å². The molecule has 1 aromatic carbocycles. The van der Waals surface area contributed by atoms with Gasteiger partial charge in [-0.1, -0.05) is 30.4 Å². The van der Waals surface area contributed by atoms with Gasteiger partial charge in [0.2, 0.25) is 17.7 Å². The van der Waals surface area contributed by atoms with Gasteiger partial charge in [0.05, 0.1) is 11.8 Å². The van der Waals surface area contributed by atoms with Crippen LogP contribution < -0.4 is 5.32 Å². The molecular weight excluding hydrogens is 316 g/mol. The normalized spacial score (nSPS) is 31.2. The van der Waals surface area contributed by atoms with Crippen molar-refractivity contribution in [2.45, 2.75) is 32.7 Å². The van der Waals surface area contributed by atoms with Crippen molar-refractivity contribution in [1.29, 1.82) is 0 Å². The molecule has 130 valence electrons. The van der Waals surface area contributed by atoms with E-state index in [2.05, 4.69) is 17.5 Å². The first-order valence-corrected chi connectivity index (χ1v) is 8.91. The van der Waals surface area contributed by atoms with E-state index in [0.29, 0.717) is 5.69 Å². The van der Waals surface area contributed by atoms with Crippen molar-refractivity contribution in [1.82, 2.24) is 4.90 Å². The van der Waals surface area contributed by atoms with E-state index in [1.165, 1.54) is 4.90 Å². The molecule has 5 nitrogen and oxygen atoms in total. The number of carbonyl (C=O) groups is 3. The van der Waals surface area contributed by atoms with E-state index in [9.17, 15) is 14.4 Å². The average molecular weight is 338 g/mol. The summed E-state index contributed by atoms with van der Waals surface area (Å²) in [6.45, 7) is 3.54. The third-order valence-electron chi connectivity index (χ3n) is 5.96. The maximum absolute atomic E-state index is 12.9. The van der Waals surface area contributed by atoms with Crippen molar-refractivity contribution in [3.63, 3.8) is 0 Å². The van der Waals surface area contributed by atoms with Crippen molar-refractivity contribution >= 4 is 23.4 Å². The van der Waals surface area contributed by atoms with Crippen molar-refractivity contribution in [3.05, 3.63) is 42.0 Å². The Morgan fingerprint density at radius 2 is 1.64 bits per heavy atom. The Balaban J connectivity index is 1.55. The molecule has 0 aromatic heterocycles. The van der Waals surface area contributed by atoms with E-state index in [1.54, 1.807) is 6.92 Å². The number of para-hydroxylation sites is 1. The first-order valence-electron chi connectivity index (χ1n) is 8.91. The number of nitrogens with one attached hydrogen (secondary N) is 1. The monoisotopic (exact) mass is 338 g/mol. The summed E-state index contributed by atoms with van der Waals surface area (Å²) in [6.07, 6.45) is 6.09. The van der Waals surface area contributed by atoms with Crippen LogP contribution in [0.25, 0.3) is 0 Å². The van der Waals surface area contributed by atoms with Crippen LogP contribution in [0.2, 0.25) is 0 Å². The summed E-state index contributed by atoms with van der Waals surface area (Å²) in [5.74, 6) is -0.945. The summed E-state index contributed by atoms with van der Waals surface area (Å²) in [6, 6.07) is 6.67. The van der Waals surface area contributed by atoms with Gasteiger partial charge < -0.3 is 5.32 Å². The molecule has 0 radical (unpaired) electrons. The molecule has 1 saturated carbocycles. The second-order valence-electron chi connectivity index (χ2n) is 7.37. The number of benzene rings is 1. The van der Waals surface area contributed by atoms with Gasteiger partial charge in [-0.15, -0.1) is 0 Å². The molecule has 1 heterocycles. The highest BCUT2D eigenvalue weighted by Gasteiger charge is 2.58. The molecule has 0 unspecified atom stereocenters. The Kier molecular flexibility index (Phi) is 3.74. The van der Waals surface area contributed by atoms with E-state index >= 15 is 0 Å². The molecule has 4 aliphatic rings. The molecule has 5 heteroatoms. The summed E-state index contributed by atoms with van der Waals surface area (Å²) in [5, 5.41) is 2.85. The molecule has 1 saturated heterocycles. The van der Waals surface area contributed by atoms with Gasteiger partial charge in [0.15, 0.2) is 0 Å². The minimum absolute atomic E-state index is 0.142. The van der Waals surface area contributed by atoms with Crippen molar-refractivity contribution in [3.8, 4) is 0 Å². The largest absolute Gasteiger partial charge is 0.324 e. The Hall–Kier alpha value is -2.43. The second-order valence-corrected chi connectivity index (χ2v) is 7.37. The van der Waals surface area contributed by atoms with E-state index in [1.807, 2.05) is 31.2 Å². The molecule has 2 fully saturated rings. The van der Waals surface area contributed by atoms with E-state index in [4.69, 9.17) is 0 Å². The van der Waals surface area contributed by atoms with Crippen molar-refractivity contribution < 1.29 is 14.4 Å². The van der Waals surface area contributed by atoms with Crippen LogP contribution in [0.3, 0.4) is 0 Å². The molecule has 3 aliphatic carbocycles. The highest BCUT2D eigenvalue weighted by molar-refractivity contribution is 6.10. The van der Waals surface area contributed by atoms with Gasteiger partial charge in [0.1, 0.15) is 6.04 Å². The summed E-state index contributed by atoms with van der Waals surface area (Å²) in [5.41, 5.74) is 1.65. The molecule has 1 aliphatic heterocycles. The number of amides is 3. The number of allylic oxidation sites excluding steroid dienone is 2. The van der Waals surface area contributed by atoms with Gasteiger partial charge >= 0.3 is 0 Å². The minimum atomic E-state index is -0.801. The molecule has 5 atom stereocenters. The lowest BCUT2D eigenvalue weighted by Crippen LogP contribution is -2.46. The maximum Gasteiger partial charge on any atom is 0.247 e. The summed E-state index contributed by atoms with van der Waals surface area (Å²) >= 11 is 0. The van der Waals surface area contributed by atoms with E-state index in [-0.39, 0.29) is 41.4 Å². The molecular formula is C20H22N2O3. The minimum Gasteiger partial charge on any atom is -0.324 e. The standard InChI is InChI=1S/C20H22N2O3/c1-11-5-3-4-6-15(11)21-18(23)12(2)22-19(24)16-13-7-8-14(10-9-13)17(16)20(22)25/h3-8,12-14,16-17H,9-10H2,1-2H3,(H,21,23)/t12-,13-,14-,16-,17-/m0/s1. The Morgan fingerprint density at radius 1 is 1.08 bits per heavy atom. The summed E-state index contributed by atoms with van der Waals surface area (Å²) < 4.78 is 0. The fourth-order valence-corrected chi connectivity index (χ4v) is 4.55. The van der Waals surface area contributed by atoms with Crippen molar-refractivity contribution in [2.75, 3.05) is 5.32 Å². The number of likely N-dealkylation sites (tertiary alicyclic amines) is 1. The number of nitrogens with zero attached hydrogens (tertiary/aromatic N) is 1. The molecule has 3 amide bonds. The van der Waals surface area contributed by atoms with Crippen LogP contribution in [-0.2, 0) is 14.4 Å². The quantitative estimate of drug-likeness (QED) is 0.680. The van der Waals surface area contributed by atoms with Gasteiger partial charge in [-0.3, -0.25) is 19.3 Å². The zero-order chi connectivity index (χ0) is 17.7. The first kappa shape index (κ1) is 16.1. The summed E-state index contributed by atoms with van der Waals surface area (Å²) in [7, 11) is 0. The number of fused-ring (bicyclic) bond motifs is 1. The van der Waals surface area contributed by atoms with E-state index in [0.717, 1.165) is 18.4 Å². The Labute approximate surface area is 147 Å². The van der Waals surface area contributed by atoms with Crippen LogP contribution in [-0.4, -0.2) is 28.7 Å². The fraction of sp³-hybridized carbons (Fsp3) is 0.450. The van der Waals surface area contributed by atoms with Crippen molar-refractivity contribution in [2.24, 2.45) is 23.7 Å². The fourth-order valence-electron chi connectivity index (χ4n) is 4.55. The lowest BCUT2D eigenvalue weighted by atomic mass is 9.63. The first-order chi connectivity index (χ1) is 12.0. The van der Waals surface area contributed by atoms with Crippen LogP contribution in [0.1, 0.15) is 25.3 Å². The molecule has 2 bridgehead atoms. The second kappa shape index (κ2) is 5.83. The number of imide groups is 1. The Bertz CT molecular complexity index is 753. The topological polar surface area (TPSA) is 66.5 Å². The van der Waals surface area contributed by atoms with Gasteiger partial charge in [0, 0.05) is 5.69 Å². The van der Waals surface area contributed by atoms with Crippen LogP contribution in [0, 0.1) is 30.6 Å². The number of carbonyl (C=O) groups excluding carboxylic acids is 3. The molecule has 0 spiro atoms. The third kappa shape index (κ3) is 2.41. The smallest absolute Gasteiger partial charge is 0.247 e. The maximum atomic E-state index is 12.9. The number of rotatable bonds is 3. The lowest BCUT2D eigenvalue weighted by Gasteiger charge is -2.38. The Morgan fingerprint density at radius 3 is 2.16 bits per heavy atom. The molecule has 1 aromatic rings. The predicted molar refractivity (Wildman–Crippen MR) is 93.5 cm³/mol. The number of hydrogen-bond donors (Lipinski definition) is 1. The molecule has 5 rings (SSSR count). The average Bonchev–Trinajstić information content (AvgIpc) is 2.90. The van der Waals surface area contributed by atoms with Gasteiger partial charge in [0.25, 0.3) is 0 Å². The van der Waals surface area contributed by atoms with Crippen LogP contribution in [0.4, 0.5) is 5.69 Å². The third-order valence-corrected chi connectivity index (χ3v) is 5.96.